The van der Waals surface area contributed by atoms with Gasteiger partial charge in [-0.05, 0) is 49.5 Å². The van der Waals surface area contributed by atoms with Gasteiger partial charge in [0.05, 0.1) is 5.56 Å². The molecule has 2 bridgehead atoms. The number of esters is 1. The Morgan fingerprint density at radius 1 is 1.21 bits per heavy atom. The number of nitrogens with one attached hydrogen (secondary N) is 1. The van der Waals surface area contributed by atoms with Crippen molar-refractivity contribution in [2.45, 2.75) is 66.8 Å². The highest BCUT2D eigenvalue weighted by molar-refractivity contribution is 7.16. The summed E-state index contributed by atoms with van der Waals surface area (Å²) in [5.74, 6) is -0.940. The summed E-state index contributed by atoms with van der Waals surface area (Å²) in [6.07, 6.45) is 3.11. The lowest BCUT2D eigenvalue weighted by Crippen LogP contribution is -2.39. The monoisotopic (exact) mass is 406 g/mol. The third-order valence-corrected chi connectivity index (χ3v) is 7.06. The molecule has 1 aromatic rings. The van der Waals surface area contributed by atoms with Gasteiger partial charge < -0.3 is 15.0 Å². The number of carbonyl (C=O) groups is 3. The van der Waals surface area contributed by atoms with Crippen molar-refractivity contribution in [3.63, 3.8) is 0 Å². The van der Waals surface area contributed by atoms with Crippen LogP contribution in [0.2, 0.25) is 0 Å². The van der Waals surface area contributed by atoms with E-state index in [1.54, 1.807) is 0 Å². The first kappa shape index (κ1) is 20.8. The lowest BCUT2D eigenvalue weighted by Gasteiger charge is -2.39. The minimum Gasteiger partial charge on any atom is -0.452 e. The van der Waals surface area contributed by atoms with Crippen molar-refractivity contribution in [1.29, 1.82) is 0 Å². The average Bonchev–Trinajstić information content (AvgIpc) is 2.96. The first-order valence-corrected chi connectivity index (χ1v) is 10.6. The molecular weight excluding hydrogens is 376 g/mol. The fourth-order valence-corrected chi connectivity index (χ4v) is 6.25. The molecule has 1 aliphatic carbocycles. The predicted molar refractivity (Wildman–Crippen MR) is 110 cm³/mol. The molecule has 1 N–H and O–H groups in total. The number of amides is 2. The third-order valence-electron chi connectivity index (χ3n) is 5.94. The topological polar surface area (TPSA) is 75.7 Å². The zero-order chi connectivity index (χ0) is 20.9. The van der Waals surface area contributed by atoms with Crippen LogP contribution in [0, 0.1) is 24.7 Å². The molecule has 28 heavy (non-hydrogen) atoms. The number of hydrogen-bond acceptors (Lipinski definition) is 5. The van der Waals surface area contributed by atoms with Crippen LogP contribution in [-0.4, -0.2) is 41.9 Å². The summed E-state index contributed by atoms with van der Waals surface area (Å²) >= 11 is 1.34. The predicted octanol–water partition coefficient (Wildman–Crippen LogP) is 3.91. The molecule has 3 rings (SSSR count). The van der Waals surface area contributed by atoms with E-state index >= 15 is 0 Å². The fraction of sp³-hybridized carbons (Fsp3) is 0.667. The van der Waals surface area contributed by atoms with Crippen LogP contribution in [0.4, 0.5) is 5.00 Å². The van der Waals surface area contributed by atoms with E-state index in [1.807, 2.05) is 18.7 Å². The van der Waals surface area contributed by atoms with Gasteiger partial charge in [0, 0.05) is 24.4 Å². The molecule has 154 valence electrons. The summed E-state index contributed by atoms with van der Waals surface area (Å²) < 4.78 is 5.38. The van der Waals surface area contributed by atoms with Gasteiger partial charge in [0.2, 0.25) is 5.91 Å². The molecule has 1 aliphatic heterocycles. The Morgan fingerprint density at radius 2 is 1.89 bits per heavy atom. The van der Waals surface area contributed by atoms with E-state index in [1.165, 1.54) is 18.3 Å². The highest BCUT2D eigenvalue weighted by Crippen LogP contribution is 2.52. The lowest BCUT2D eigenvalue weighted by molar-refractivity contribution is -0.135. The van der Waals surface area contributed by atoms with Crippen molar-refractivity contribution >= 4 is 34.1 Å². The van der Waals surface area contributed by atoms with E-state index in [2.05, 4.69) is 26.1 Å². The molecule has 0 aromatic carbocycles. The van der Waals surface area contributed by atoms with Crippen molar-refractivity contribution in [3.05, 3.63) is 16.0 Å². The number of hydrogen-bond donors (Lipinski definition) is 1. The van der Waals surface area contributed by atoms with Gasteiger partial charge in [0.1, 0.15) is 5.00 Å². The van der Waals surface area contributed by atoms with Gasteiger partial charge in [-0.2, -0.15) is 0 Å². The SMILES string of the molecule is CC(=O)Nc1sc(C)c(C)c1C(=O)OCC(=O)N1CC2(C)CC1CC(C)(C)C2. The summed E-state index contributed by atoms with van der Waals surface area (Å²) in [6.45, 7) is 12.3. The van der Waals surface area contributed by atoms with E-state index in [0.29, 0.717) is 10.6 Å². The smallest absolute Gasteiger partial charge is 0.341 e. The van der Waals surface area contributed by atoms with Crippen molar-refractivity contribution < 1.29 is 19.1 Å². The van der Waals surface area contributed by atoms with E-state index in [0.717, 1.165) is 36.2 Å². The summed E-state index contributed by atoms with van der Waals surface area (Å²) in [7, 11) is 0. The van der Waals surface area contributed by atoms with Gasteiger partial charge in [-0.15, -0.1) is 11.3 Å². The Bertz CT molecular complexity index is 829. The number of anilines is 1. The van der Waals surface area contributed by atoms with E-state index in [9.17, 15) is 14.4 Å². The second-order valence-corrected chi connectivity index (χ2v) is 10.7. The maximum absolute atomic E-state index is 12.8. The number of ether oxygens (including phenoxy) is 1. The van der Waals surface area contributed by atoms with Gasteiger partial charge >= 0.3 is 5.97 Å². The van der Waals surface area contributed by atoms with E-state index < -0.39 is 5.97 Å². The molecule has 2 atom stereocenters. The summed E-state index contributed by atoms with van der Waals surface area (Å²) in [4.78, 5) is 39.7. The van der Waals surface area contributed by atoms with Crippen molar-refractivity contribution in [1.82, 2.24) is 4.90 Å². The van der Waals surface area contributed by atoms with Crippen molar-refractivity contribution in [2.75, 3.05) is 18.5 Å². The lowest BCUT2D eigenvalue weighted by atomic mass is 9.65. The van der Waals surface area contributed by atoms with Gasteiger partial charge in [-0.3, -0.25) is 9.59 Å². The number of likely N-dealkylation sites (tertiary alicyclic amines) is 1. The summed E-state index contributed by atoms with van der Waals surface area (Å²) in [6, 6.07) is 0.222. The third kappa shape index (κ3) is 4.09. The standard InChI is InChI=1S/C21H30N2O4S/c1-12-13(2)28-18(22-14(3)24)17(12)19(26)27-9-16(25)23-11-21(6)8-15(23)7-20(4,5)10-21/h15H,7-11H2,1-6H3,(H,22,24). The van der Waals surface area contributed by atoms with Crippen molar-refractivity contribution in [2.24, 2.45) is 10.8 Å². The molecule has 2 fully saturated rings. The first-order chi connectivity index (χ1) is 12.9. The maximum atomic E-state index is 12.8. The van der Waals surface area contributed by atoms with Crippen LogP contribution in [-0.2, 0) is 14.3 Å². The van der Waals surface area contributed by atoms with Crippen molar-refractivity contribution in [3.8, 4) is 0 Å². The van der Waals surface area contributed by atoms with Crippen LogP contribution >= 0.6 is 11.3 Å². The Hall–Kier alpha value is -1.89. The van der Waals surface area contributed by atoms with Crippen LogP contribution in [0.5, 0.6) is 0 Å². The highest BCUT2D eigenvalue weighted by atomic mass is 32.1. The highest BCUT2D eigenvalue weighted by Gasteiger charge is 2.50. The minimum atomic E-state index is -0.562. The Morgan fingerprint density at radius 3 is 2.54 bits per heavy atom. The molecule has 0 radical (unpaired) electrons. The molecule has 1 saturated heterocycles. The largest absolute Gasteiger partial charge is 0.452 e. The fourth-order valence-electron chi connectivity index (χ4n) is 5.15. The molecule has 1 saturated carbocycles. The van der Waals surface area contributed by atoms with E-state index in [4.69, 9.17) is 4.74 Å². The molecule has 0 spiro atoms. The molecule has 2 heterocycles. The number of aryl methyl sites for hydroxylation is 1. The number of thiophene rings is 1. The first-order valence-electron chi connectivity index (χ1n) is 9.75. The molecule has 1 aromatic heterocycles. The Balaban J connectivity index is 1.67. The Kier molecular flexibility index (Phi) is 5.34. The van der Waals surface area contributed by atoms with E-state index in [-0.39, 0.29) is 35.3 Å². The normalized spacial score (nSPS) is 25.5. The minimum absolute atomic E-state index is 0.134. The molecule has 2 aliphatic rings. The van der Waals surface area contributed by atoms with Crippen LogP contribution in [0.3, 0.4) is 0 Å². The van der Waals surface area contributed by atoms with Gasteiger partial charge in [0.25, 0.3) is 5.91 Å². The maximum Gasteiger partial charge on any atom is 0.341 e. The molecule has 6 nitrogen and oxygen atoms in total. The summed E-state index contributed by atoms with van der Waals surface area (Å²) in [5.41, 5.74) is 1.49. The number of nitrogens with zero attached hydrogens (tertiary/aromatic N) is 1. The van der Waals surface area contributed by atoms with Gasteiger partial charge in [-0.1, -0.05) is 20.8 Å². The number of fused-ring (bicyclic) bond motifs is 2. The molecule has 7 heteroatoms. The van der Waals surface area contributed by atoms with Crippen LogP contribution in [0.25, 0.3) is 0 Å². The van der Waals surface area contributed by atoms with Crippen LogP contribution < -0.4 is 5.32 Å². The average molecular weight is 407 g/mol. The van der Waals surface area contributed by atoms with Gasteiger partial charge in [-0.25, -0.2) is 4.79 Å². The second-order valence-electron chi connectivity index (χ2n) is 9.48. The zero-order valence-corrected chi connectivity index (χ0v) is 18.4. The number of rotatable bonds is 4. The second kappa shape index (κ2) is 7.17. The molecule has 2 amide bonds. The zero-order valence-electron chi connectivity index (χ0n) is 17.6. The number of carbonyl (C=O) groups excluding carboxylic acids is 3. The van der Waals surface area contributed by atoms with Crippen LogP contribution in [0.1, 0.15) is 67.8 Å². The quantitative estimate of drug-likeness (QED) is 0.769. The van der Waals surface area contributed by atoms with Gasteiger partial charge in [0.15, 0.2) is 6.61 Å². The summed E-state index contributed by atoms with van der Waals surface area (Å²) in [5, 5.41) is 3.16. The Labute approximate surface area is 170 Å². The molecule has 2 unspecified atom stereocenters. The molecular formula is C21H30N2O4S. The van der Waals surface area contributed by atoms with Crippen LogP contribution in [0.15, 0.2) is 0 Å².